The average Bonchev–Trinajstić information content (AvgIpc) is 3.04. The van der Waals surface area contributed by atoms with E-state index < -0.39 is 38.9 Å². The van der Waals surface area contributed by atoms with Crippen LogP contribution >= 0.6 is 0 Å². The van der Waals surface area contributed by atoms with Crippen LogP contribution in [0.5, 0.6) is 0 Å². The molecule has 0 saturated heterocycles. The molecular formula is C16H20N2O6S. The predicted molar refractivity (Wildman–Crippen MR) is 91.1 cm³/mol. The predicted octanol–water partition coefficient (Wildman–Crippen LogP) is 0.797. The molecule has 1 aliphatic rings. The average molecular weight is 368 g/mol. The van der Waals surface area contributed by atoms with E-state index in [2.05, 4.69) is 10.6 Å². The molecule has 2 amide bonds. The maximum Gasteiger partial charge on any atom is 0.322 e. The number of amides is 2. The van der Waals surface area contributed by atoms with Gasteiger partial charge in [-0.25, -0.2) is 8.42 Å². The van der Waals surface area contributed by atoms with Gasteiger partial charge in [0, 0.05) is 17.5 Å². The Morgan fingerprint density at radius 3 is 2.16 bits per heavy atom. The molecule has 0 atom stereocenters. The van der Waals surface area contributed by atoms with Crippen molar-refractivity contribution in [1.29, 1.82) is 0 Å². The molecule has 136 valence electrons. The monoisotopic (exact) mass is 368 g/mol. The van der Waals surface area contributed by atoms with Gasteiger partial charge in [0.2, 0.25) is 5.91 Å². The summed E-state index contributed by atoms with van der Waals surface area (Å²) >= 11 is 0. The first-order valence-electron chi connectivity index (χ1n) is 7.77. The Hall–Kier alpha value is -2.42. The van der Waals surface area contributed by atoms with Gasteiger partial charge in [0.05, 0.1) is 0 Å². The Kier molecular flexibility index (Phi) is 5.46. The number of rotatable bonds is 6. The van der Waals surface area contributed by atoms with Gasteiger partial charge in [-0.2, -0.15) is 0 Å². The van der Waals surface area contributed by atoms with E-state index in [0.717, 1.165) is 6.26 Å². The third-order valence-electron chi connectivity index (χ3n) is 4.34. The summed E-state index contributed by atoms with van der Waals surface area (Å²) in [6, 6.07) is 5.79. The number of carbonyl (C=O) groups excluding carboxylic acids is 2. The highest BCUT2D eigenvalue weighted by molar-refractivity contribution is 7.92. The Balaban J connectivity index is 2.09. The fourth-order valence-electron chi connectivity index (χ4n) is 2.92. The number of hydrogen-bond donors (Lipinski definition) is 3. The van der Waals surface area contributed by atoms with Crippen LogP contribution in [0.1, 0.15) is 36.0 Å². The maximum atomic E-state index is 12.5. The molecule has 8 nitrogen and oxygen atoms in total. The molecule has 1 aromatic rings. The van der Waals surface area contributed by atoms with Gasteiger partial charge in [-0.1, -0.05) is 12.8 Å². The SMILES string of the molecule is CS(=O)(=O)C1(C(=O)Nc2ccc(C(=O)NCC(=O)O)cc2)CCCC1. The number of carboxylic acids is 1. The Morgan fingerprint density at radius 2 is 1.68 bits per heavy atom. The molecule has 1 aromatic carbocycles. The number of sulfone groups is 1. The minimum absolute atomic E-state index is 0.234. The summed E-state index contributed by atoms with van der Waals surface area (Å²) in [5.74, 6) is -2.26. The molecule has 2 rings (SSSR count). The highest BCUT2D eigenvalue weighted by atomic mass is 32.2. The van der Waals surface area contributed by atoms with Gasteiger partial charge in [0.25, 0.3) is 5.91 Å². The van der Waals surface area contributed by atoms with Crippen molar-refractivity contribution in [3.05, 3.63) is 29.8 Å². The zero-order valence-electron chi connectivity index (χ0n) is 13.7. The van der Waals surface area contributed by atoms with Gasteiger partial charge < -0.3 is 15.7 Å². The normalized spacial score (nSPS) is 16.2. The van der Waals surface area contributed by atoms with E-state index in [1.54, 1.807) is 0 Å². The fraction of sp³-hybridized carbons (Fsp3) is 0.438. The summed E-state index contributed by atoms with van der Waals surface area (Å²) < 4.78 is 22.8. The number of hydrogen-bond acceptors (Lipinski definition) is 5. The number of nitrogens with one attached hydrogen (secondary N) is 2. The van der Waals surface area contributed by atoms with Crippen molar-refractivity contribution in [3.8, 4) is 0 Å². The Labute approximate surface area is 145 Å². The molecular weight excluding hydrogens is 348 g/mol. The van der Waals surface area contributed by atoms with Gasteiger partial charge in [-0.05, 0) is 37.1 Å². The van der Waals surface area contributed by atoms with E-state index in [0.29, 0.717) is 31.4 Å². The molecule has 1 fully saturated rings. The van der Waals surface area contributed by atoms with Crippen molar-refractivity contribution in [2.75, 3.05) is 18.1 Å². The standard InChI is InChI=1S/C16H20N2O6S/c1-25(23,24)16(8-2-3-9-16)15(22)18-12-6-4-11(5-7-12)14(21)17-10-13(19)20/h4-7H,2-3,8-10H2,1H3,(H,17,21)(H,18,22)(H,19,20). The molecule has 0 bridgehead atoms. The molecule has 0 spiro atoms. The van der Waals surface area contributed by atoms with E-state index >= 15 is 0 Å². The van der Waals surface area contributed by atoms with Crippen molar-refractivity contribution in [2.45, 2.75) is 30.4 Å². The van der Waals surface area contributed by atoms with Crippen LogP contribution in [-0.4, -0.2) is 48.9 Å². The molecule has 0 heterocycles. The Bertz CT molecular complexity index is 779. The van der Waals surface area contributed by atoms with Crippen molar-refractivity contribution in [2.24, 2.45) is 0 Å². The number of carbonyl (C=O) groups is 3. The van der Waals surface area contributed by atoms with Crippen LogP contribution in [0.4, 0.5) is 5.69 Å². The largest absolute Gasteiger partial charge is 0.480 e. The highest BCUT2D eigenvalue weighted by Crippen LogP contribution is 2.37. The molecule has 0 aliphatic heterocycles. The lowest BCUT2D eigenvalue weighted by Crippen LogP contribution is -2.47. The molecule has 3 N–H and O–H groups in total. The van der Waals surface area contributed by atoms with Crippen molar-refractivity contribution in [3.63, 3.8) is 0 Å². The van der Waals surface area contributed by atoms with Gasteiger partial charge in [0.15, 0.2) is 14.6 Å². The van der Waals surface area contributed by atoms with Crippen LogP contribution in [0.25, 0.3) is 0 Å². The lowest BCUT2D eigenvalue weighted by atomic mass is 10.1. The number of benzene rings is 1. The molecule has 0 radical (unpaired) electrons. The van der Waals surface area contributed by atoms with Crippen molar-refractivity contribution >= 4 is 33.3 Å². The lowest BCUT2D eigenvalue weighted by molar-refractivity contribution is -0.135. The topological polar surface area (TPSA) is 130 Å². The molecule has 25 heavy (non-hydrogen) atoms. The summed E-state index contributed by atoms with van der Waals surface area (Å²) in [7, 11) is -3.55. The molecule has 1 aliphatic carbocycles. The first-order chi connectivity index (χ1) is 11.7. The first-order valence-corrected chi connectivity index (χ1v) is 9.66. The minimum Gasteiger partial charge on any atom is -0.480 e. The van der Waals surface area contributed by atoms with Gasteiger partial charge in [0.1, 0.15) is 6.54 Å². The zero-order chi connectivity index (χ0) is 18.7. The molecule has 0 aromatic heterocycles. The molecule has 0 unspecified atom stereocenters. The van der Waals surface area contributed by atoms with Crippen LogP contribution in [0, 0.1) is 0 Å². The second-order valence-corrected chi connectivity index (χ2v) is 8.41. The second kappa shape index (κ2) is 7.22. The zero-order valence-corrected chi connectivity index (χ0v) is 14.6. The maximum absolute atomic E-state index is 12.5. The van der Waals surface area contributed by atoms with Crippen LogP contribution in [0.15, 0.2) is 24.3 Å². The van der Waals surface area contributed by atoms with Gasteiger partial charge in [-0.3, -0.25) is 14.4 Å². The van der Waals surface area contributed by atoms with Crippen LogP contribution in [0.3, 0.4) is 0 Å². The molecule has 1 saturated carbocycles. The van der Waals surface area contributed by atoms with E-state index in [4.69, 9.17) is 5.11 Å². The highest BCUT2D eigenvalue weighted by Gasteiger charge is 2.49. The summed E-state index contributed by atoms with van der Waals surface area (Å²) in [6.45, 7) is -0.492. The Morgan fingerprint density at radius 1 is 1.12 bits per heavy atom. The van der Waals surface area contributed by atoms with E-state index in [1.807, 2.05) is 0 Å². The van der Waals surface area contributed by atoms with Crippen LogP contribution in [-0.2, 0) is 19.4 Å². The summed E-state index contributed by atoms with van der Waals surface area (Å²) in [5, 5.41) is 13.4. The van der Waals surface area contributed by atoms with Crippen LogP contribution < -0.4 is 10.6 Å². The third-order valence-corrected chi connectivity index (χ3v) is 6.35. The number of anilines is 1. The summed E-state index contributed by atoms with van der Waals surface area (Å²) in [4.78, 5) is 34.7. The quantitative estimate of drug-likeness (QED) is 0.681. The van der Waals surface area contributed by atoms with E-state index in [9.17, 15) is 22.8 Å². The fourth-order valence-corrected chi connectivity index (χ4v) is 4.34. The minimum atomic E-state index is -3.55. The van der Waals surface area contributed by atoms with Gasteiger partial charge in [-0.15, -0.1) is 0 Å². The second-order valence-electron chi connectivity index (χ2n) is 6.08. The van der Waals surface area contributed by atoms with E-state index in [-0.39, 0.29) is 5.56 Å². The third kappa shape index (κ3) is 4.16. The van der Waals surface area contributed by atoms with Gasteiger partial charge >= 0.3 is 5.97 Å². The molecule has 9 heteroatoms. The lowest BCUT2D eigenvalue weighted by Gasteiger charge is -2.25. The van der Waals surface area contributed by atoms with Crippen molar-refractivity contribution in [1.82, 2.24) is 5.32 Å². The van der Waals surface area contributed by atoms with E-state index in [1.165, 1.54) is 24.3 Å². The summed E-state index contributed by atoms with van der Waals surface area (Å²) in [5.41, 5.74) is 0.604. The first kappa shape index (κ1) is 18.9. The van der Waals surface area contributed by atoms with Crippen LogP contribution in [0.2, 0.25) is 0 Å². The van der Waals surface area contributed by atoms with Crippen molar-refractivity contribution < 1.29 is 27.9 Å². The number of aliphatic carboxylic acids is 1. The summed E-state index contributed by atoms with van der Waals surface area (Å²) in [6.07, 6.45) is 3.04. The number of carboxylic acid groups (broad SMARTS) is 1. The smallest absolute Gasteiger partial charge is 0.322 e.